The molecule has 0 aromatic carbocycles. The summed E-state index contributed by atoms with van der Waals surface area (Å²) in [5, 5.41) is 13.0. The Morgan fingerprint density at radius 2 is 2.38 bits per heavy atom. The minimum absolute atomic E-state index is 0.123. The highest BCUT2D eigenvalue weighted by Crippen LogP contribution is 2.27. The number of aliphatic hydroxyl groups excluding tert-OH is 1. The number of fused-ring (bicyclic) bond motifs is 1. The first kappa shape index (κ1) is 11.9. The number of rotatable bonds is 3. The van der Waals surface area contributed by atoms with E-state index < -0.39 is 0 Å². The smallest absolute Gasteiger partial charge is 0.220 e. The lowest BCUT2D eigenvalue weighted by Gasteiger charge is -2.38. The molecule has 0 bridgehead atoms. The van der Waals surface area contributed by atoms with Crippen molar-refractivity contribution in [3.05, 3.63) is 0 Å². The summed E-state index contributed by atoms with van der Waals surface area (Å²) in [5.41, 5.74) is 0. The third kappa shape index (κ3) is 2.55. The van der Waals surface area contributed by atoms with Crippen molar-refractivity contribution >= 4 is 5.91 Å². The van der Waals surface area contributed by atoms with Crippen LogP contribution in [0.15, 0.2) is 0 Å². The molecule has 92 valence electrons. The molecule has 2 N–H and O–H groups in total. The van der Waals surface area contributed by atoms with Gasteiger partial charge < -0.3 is 10.4 Å². The molecule has 3 unspecified atom stereocenters. The van der Waals surface area contributed by atoms with Gasteiger partial charge in [0.15, 0.2) is 0 Å². The van der Waals surface area contributed by atoms with Gasteiger partial charge in [0.1, 0.15) is 0 Å². The van der Waals surface area contributed by atoms with Crippen molar-refractivity contribution in [1.82, 2.24) is 10.2 Å². The Balaban J connectivity index is 1.86. The summed E-state index contributed by atoms with van der Waals surface area (Å²) in [4.78, 5) is 13.8. The van der Waals surface area contributed by atoms with Crippen LogP contribution >= 0.6 is 0 Å². The number of nitrogens with one attached hydrogen (secondary N) is 1. The second kappa shape index (κ2) is 5.15. The van der Waals surface area contributed by atoms with Crippen molar-refractivity contribution in [1.29, 1.82) is 0 Å². The van der Waals surface area contributed by atoms with Crippen LogP contribution in [0.25, 0.3) is 0 Å². The van der Waals surface area contributed by atoms with Gasteiger partial charge in [0, 0.05) is 25.0 Å². The summed E-state index contributed by atoms with van der Waals surface area (Å²) in [7, 11) is 0. The molecule has 0 aliphatic carbocycles. The summed E-state index contributed by atoms with van der Waals surface area (Å²) in [5.74, 6) is 0.123. The molecule has 0 aromatic heterocycles. The van der Waals surface area contributed by atoms with Crippen molar-refractivity contribution in [2.45, 2.75) is 57.2 Å². The maximum absolute atomic E-state index is 11.5. The molecule has 2 aliphatic rings. The molecule has 4 nitrogen and oxygen atoms in total. The highest BCUT2D eigenvalue weighted by molar-refractivity contribution is 5.76. The largest absolute Gasteiger partial charge is 0.391 e. The lowest BCUT2D eigenvalue weighted by atomic mass is 9.95. The molecule has 2 heterocycles. The third-order valence-corrected chi connectivity index (χ3v) is 3.68. The number of carbonyl (C=O) groups excluding carboxylic acids is 1. The van der Waals surface area contributed by atoms with Gasteiger partial charge in [-0.25, -0.2) is 0 Å². The number of carbonyl (C=O) groups is 1. The fraction of sp³-hybridized carbons (Fsp3) is 0.917. The average molecular weight is 226 g/mol. The van der Waals surface area contributed by atoms with Gasteiger partial charge >= 0.3 is 0 Å². The highest BCUT2D eigenvalue weighted by Gasteiger charge is 2.37. The van der Waals surface area contributed by atoms with Crippen LogP contribution in [0.3, 0.4) is 0 Å². The van der Waals surface area contributed by atoms with Crippen molar-refractivity contribution in [3.8, 4) is 0 Å². The number of nitrogens with zero attached hydrogens (tertiary/aromatic N) is 1. The molecular formula is C12H22N2O2. The molecule has 4 heteroatoms. The van der Waals surface area contributed by atoms with Crippen molar-refractivity contribution in [2.75, 3.05) is 13.1 Å². The fourth-order valence-corrected chi connectivity index (χ4v) is 2.95. The second-order valence-corrected chi connectivity index (χ2v) is 5.02. The summed E-state index contributed by atoms with van der Waals surface area (Å²) in [6.07, 6.45) is 4.22. The van der Waals surface area contributed by atoms with E-state index in [0.29, 0.717) is 12.5 Å². The van der Waals surface area contributed by atoms with E-state index in [0.717, 1.165) is 32.4 Å². The van der Waals surface area contributed by atoms with Crippen LogP contribution in [-0.2, 0) is 4.79 Å². The van der Waals surface area contributed by atoms with Crippen LogP contribution in [0.4, 0.5) is 0 Å². The summed E-state index contributed by atoms with van der Waals surface area (Å²) in [6.45, 7) is 3.99. The van der Waals surface area contributed by atoms with Gasteiger partial charge in [-0.15, -0.1) is 0 Å². The zero-order valence-electron chi connectivity index (χ0n) is 9.98. The maximum atomic E-state index is 11.5. The molecule has 2 aliphatic heterocycles. The van der Waals surface area contributed by atoms with Crippen molar-refractivity contribution in [3.63, 3.8) is 0 Å². The molecule has 2 fully saturated rings. The zero-order valence-corrected chi connectivity index (χ0v) is 9.98. The van der Waals surface area contributed by atoms with Gasteiger partial charge in [-0.1, -0.05) is 6.92 Å². The van der Waals surface area contributed by atoms with Crippen LogP contribution in [0.2, 0.25) is 0 Å². The van der Waals surface area contributed by atoms with E-state index in [-0.39, 0.29) is 18.1 Å². The SMILES string of the molecule is CCCC(=O)NC1CC(O)C2CCCN2C1. The Hall–Kier alpha value is -0.610. The number of hydrogen-bond donors (Lipinski definition) is 2. The van der Waals surface area contributed by atoms with E-state index in [1.54, 1.807) is 0 Å². The average Bonchev–Trinajstić information content (AvgIpc) is 2.66. The molecule has 0 spiro atoms. The molecule has 2 rings (SSSR count). The number of piperidine rings is 1. The van der Waals surface area contributed by atoms with E-state index >= 15 is 0 Å². The predicted molar refractivity (Wildman–Crippen MR) is 62.1 cm³/mol. The first-order valence-electron chi connectivity index (χ1n) is 6.42. The van der Waals surface area contributed by atoms with E-state index in [9.17, 15) is 9.90 Å². The summed E-state index contributed by atoms with van der Waals surface area (Å²) in [6, 6.07) is 0.489. The maximum Gasteiger partial charge on any atom is 0.220 e. The second-order valence-electron chi connectivity index (χ2n) is 5.02. The van der Waals surface area contributed by atoms with Crippen molar-refractivity contribution in [2.24, 2.45) is 0 Å². The van der Waals surface area contributed by atoms with Crippen LogP contribution in [0.5, 0.6) is 0 Å². The minimum Gasteiger partial charge on any atom is -0.391 e. The quantitative estimate of drug-likeness (QED) is 0.737. The Bertz CT molecular complexity index is 257. The van der Waals surface area contributed by atoms with Gasteiger partial charge in [-0.05, 0) is 32.2 Å². The Kier molecular flexibility index (Phi) is 3.82. The third-order valence-electron chi connectivity index (χ3n) is 3.68. The Morgan fingerprint density at radius 1 is 1.56 bits per heavy atom. The molecule has 3 atom stereocenters. The summed E-state index contributed by atoms with van der Waals surface area (Å²) < 4.78 is 0. The van der Waals surface area contributed by atoms with Crippen LogP contribution in [0, 0.1) is 0 Å². The molecule has 1 amide bonds. The number of aliphatic hydroxyl groups is 1. The van der Waals surface area contributed by atoms with Crippen LogP contribution < -0.4 is 5.32 Å². The molecular weight excluding hydrogens is 204 g/mol. The number of hydrogen-bond acceptors (Lipinski definition) is 3. The molecule has 0 radical (unpaired) electrons. The molecule has 16 heavy (non-hydrogen) atoms. The van der Waals surface area contributed by atoms with E-state index in [1.165, 1.54) is 6.42 Å². The van der Waals surface area contributed by atoms with Crippen LogP contribution in [0.1, 0.15) is 39.0 Å². The molecule has 2 saturated heterocycles. The van der Waals surface area contributed by atoms with Gasteiger partial charge in [-0.3, -0.25) is 9.69 Å². The van der Waals surface area contributed by atoms with E-state index in [1.807, 2.05) is 6.92 Å². The van der Waals surface area contributed by atoms with Gasteiger partial charge in [-0.2, -0.15) is 0 Å². The van der Waals surface area contributed by atoms with Gasteiger partial charge in [0.05, 0.1) is 6.10 Å². The van der Waals surface area contributed by atoms with E-state index in [4.69, 9.17) is 0 Å². The van der Waals surface area contributed by atoms with Crippen molar-refractivity contribution < 1.29 is 9.90 Å². The van der Waals surface area contributed by atoms with Gasteiger partial charge in [0.25, 0.3) is 0 Å². The minimum atomic E-state index is -0.261. The first-order valence-corrected chi connectivity index (χ1v) is 6.42. The predicted octanol–water partition coefficient (Wildman–Crippen LogP) is 0.500. The van der Waals surface area contributed by atoms with E-state index in [2.05, 4.69) is 10.2 Å². The first-order chi connectivity index (χ1) is 7.70. The van der Waals surface area contributed by atoms with Gasteiger partial charge in [0.2, 0.25) is 5.91 Å². The standard InChI is InChI=1S/C12H22N2O2/c1-2-4-12(16)13-9-7-11(15)10-5-3-6-14(10)8-9/h9-11,15H,2-8H2,1H3,(H,13,16). The van der Waals surface area contributed by atoms with Crippen LogP contribution in [-0.4, -0.2) is 47.2 Å². The normalized spacial score (nSPS) is 34.8. The monoisotopic (exact) mass is 226 g/mol. The lowest BCUT2D eigenvalue weighted by molar-refractivity contribution is -0.122. The fourth-order valence-electron chi connectivity index (χ4n) is 2.95. The Labute approximate surface area is 97.0 Å². The summed E-state index contributed by atoms with van der Waals surface area (Å²) >= 11 is 0. The topological polar surface area (TPSA) is 52.6 Å². The highest BCUT2D eigenvalue weighted by atomic mass is 16.3. The lowest BCUT2D eigenvalue weighted by Crippen LogP contribution is -2.55. The zero-order chi connectivity index (χ0) is 11.5. The Morgan fingerprint density at radius 3 is 3.12 bits per heavy atom. The molecule has 0 aromatic rings. The number of amides is 1. The molecule has 0 saturated carbocycles.